The van der Waals surface area contributed by atoms with Gasteiger partial charge >= 0.3 is 0 Å². The molecule has 3 aromatic heterocycles. The number of H-pyrrole nitrogens is 2. The minimum Gasteiger partial charge on any atom is -0.353 e. The fraction of sp³-hybridized carbons (Fsp3) is 0.185. The number of benzene rings is 2. The number of pyridine rings is 1. The molecule has 0 atom stereocenters. The van der Waals surface area contributed by atoms with Gasteiger partial charge in [-0.1, -0.05) is 18.2 Å². The number of sulfonamides is 1. The highest BCUT2D eigenvalue weighted by molar-refractivity contribution is 7.88. The molecule has 8 nitrogen and oxygen atoms in total. The third-order valence-corrected chi connectivity index (χ3v) is 7.25. The van der Waals surface area contributed by atoms with E-state index in [2.05, 4.69) is 42.3 Å². The Hall–Kier alpha value is -3.86. The van der Waals surface area contributed by atoms with Crippen LogP contribution in [-0.2, 0) is 16.6 Å². The van der Waals surface area contributed by atoms with Crippen molar-refractivity contribution >= 4 is 37.5 Å². The summed E-state index contributed by atoms with van der Waals surface area (Å²) in [6.07, 6.45) is 6.10. The lowest BCUT2D eigenvalue weighted by Crippen LogP contribution is -2.21. The van der Waals surface area contributed by atoms with Gasteiger partial charge in [-0.25, -0.2) is 22.5 Å². The zero-order chi connectivity index (χ0) is 25.6. The Bertz CT molecular complexity index is 1790. The number of rotatable bonds is 6. The summed E-state index contributed by atoms with van der Waals surface area (Å²) in [6, 6.07) is 14.5. The van der Waals surface area contributed by atoms with Gasteiger partial charge in [-0.2, -0.15) is 5.10 Å². The molecule has 4 N–H and O–H groups in total. The zero-order valence-electron chi connectivity index (χ0n) is 20.1. The third kappa shape index (κ3) is 4.78. The smallest absolute Gasteiger partial charge is 0.209 e. The number of hydrogen-bond donors (Lipinski definition) is 4. The van der Waals surface area contributed by atoms with Crippen LogP contribution in [0.1, 0.15) is 17.5 Å². The van der Waals surface area contributed by atoms with Crippen molar-refractivity contribution in [3.63, 3.8) is 0 Å². The fourth-order valence-electron chi connectivity index (χ4n) is 4.83. The summed E-state index contributed by atoms with van der Waals surface area (Å²) in [5.41, 5.74) is 7.57. The Balaban J connectivity index is 1.42. The molecule has 0 fully saturated rings. The van der Waals surface area contributed by atoms with Gasteiger partial charge in [0, 0.05) is 35.6 Å². The highest BCUT2D eigenvalue weighted by Gasteiger charge is 2.16. The lowest BCUT2D eigenvalue weighted by molar-refractivity contribution is 0.586. The van der Waals surface area contributed by atoms with Gasteiger partial charge in [0.05, 0.1) is 11.9 Å². The van der Waals surface area contributed by atoms with Crippen molar-refractivity contribution in [3.05, 3.63) is 77.7 Å². The maximum atomic E-state index is 14.5. The van der Waals surface area contributed by atoms with Gasteiger partial charge in [-0.05, 0) is 77.2 Å². The summed E-state index contributed by atoms with van der Waals surface area (Å²) < 4.78 is 40.0. The topological polar surface area (TPSA) is 116 Å². The first kappa shape index (κ1) is 23.5. The van der Waals surface area contributed by atoms with E-state index in [-0.39, 0.29) is 6.54 Å². The molecule has 10 heteroatoms. The van der Waals surface area contributed by atoms with E-state index >= 15 is 0 Å². The van der Waals surface area contributed by atoms with E-state index in [1.807, 2.05) is 30.5 Å². The molecule has 188 valence electrons. The summed E-state index contributed by atoms with van der Waals surface area (Å²) in [7, 11) is -3.40. The summed E-state index contributed by atoms with van der Waals surface area (Å²) >= 11 is 0. The first-order chi connectivity index (χ1) is 17.8. The molecule has 0 aliphatic carbocycles. The number of nitrogens with one attached hydrogen (secondary N) is 4. The summed E-state index contributed by atoms with van der Waals surface area (Å²) in [6.45, 7) is 1.81. The van der Waals surface area contributed by atoms with Crippen LogP contribution in [0.3, 0.4) is 0 Å². The molecule has 1 aliphatic rings. The first-order valence-corrected chi connectivity index (χ1v) is 13.8. The molecule has 0 radical (unpaired) electrons. The molecule has 37 heavy (non-hydrogen) atoms. The first-order valence-electron chi connectivity index (χ1n) is 11.9. The molecule has 0 saturated heterocycles. The quantitative estimate of drug-likeness (QED) is 0.268. The van der Waals surface area contributed by atoms with Crippen LogP contribution in [0.5, 0.6) is 0 Å². The SMILES string of the molecule is CS(=O)(=O)NCc1cc(F)cc(-c2cccc3[nH]c(-c4n[nH]c5ncc(C6=CCNCC6)cc45)cc23)c1. The predicted molar refractivity (Wildman–Crippen MR) is 144 cm³/mol. The van der Waals surface area contributed by atoms with Crippen LogP contribution in [0.4, 0.5) is 4.39 Å². The van der Waals surface area contributed by atoms with Crippen LogP contribution in [0.15, 0.2) is 60.8 Å². The molecule has 0 bridgehead atoms. The normalized spacial score (nSPS) is 14.4. The fourth-order valence-corrected chi connectivity index (χ4v) is 5.25. The van der Waals surface area contributed by atoms with Gasteiger partial charge < -0.3 is 10.3 Å². The van der Waals surface area contributed by atoms with Crippen LogP contribution in [0.25, 0.3) is 50.0 Å². The molecule has 0 unspecified atom stereocenters. The van der Waals surface area contributed by atoms with Gasteiger partial charge in [-0.3, -0.25) is 5.10 Å². The number of halogens is 1. The van der Waals surface area contributed by atoms with E-state index in [1.165, 1.54) is 17.7 Å². The van der Waals surface area contributed by atoms with Gasteiger partial charge in [0.15, 0.2) is 5.65 Å². The number of hydrogen-bond acceptors (Lipinski definition) is 5. The number of nitrogens with zero attached hydrogens (tertiary/aromatic N) is 2. The Labute approximate surface area is 213 Å². The standard InChI is InChI=1S/C27H25FN6O2S/c1-37(35,36)31-14-16-9-18(11-20(28)10-16)21-3-2-4-24-22(21)13-25(32-24)26-23-12-19(15-30-27(23)34-33-26)17-5-7-29-8-6-17/h2-5,9-13,15,29,31-32H,6-8,14H2,1H3,(H,30,33,34). The highest BCUT2D eigenvalue weighted by atomic mass is 32.2. The Morgan fingerprint density at radius 3 is 2.78 bits per heavy atom. The summed E-state index contributed by atoms with van der Waals surface area (Å²) in [4.78, 5) is 8.05. The minimum absolute atomic E-state index is 0.0129. The van der Waals surface area contributed by atoms with Crippen molar-refractivity contribution in [2.24, 2.45) is 0 Å². The van der Waals surface area contributed by atoms with Gasteiger partial charge in [-0.15, -0.1) is 0 Å². The third-order valence-electron chi connectivity index (χ3n) is 6.58. The van der Waals surface area contributed by atoms with Gasteiger partial charge in [0.2, 0.25) is 10.0 Å². The van der Waals surface area contributed by atoms with E-state index in [0.717, 1.165) is 64.6 Å². The van der Waals surface area contributed by atoms with Crippen LogP contribution in [0, 0.1) is 5.82 Å². The van der Waals surface area contributed by atoms with Crippen molar-refractivity contribution in [3.8, 4) is 22.5 Å². The Morgan fingerprint density at radius 2 is 1.97 bits per heavy atom. The van der Waals surface area contributed by atoms with Crippen LogP contribution < -0.4 is 10.0 Å². The molecule has 4 heterocycles. The van der Waals surface area contributed by atoms with Crippen LogP contribution >= 0.6 is 0 Å². The molecule has 0 amide bonds. The maximum absolute atomic E-state index is 14.5. The second-order valence-corrected chi connectivity index (χ2v) is 11.1. The van der Waals surface area contributed by atoms with E-state index in [9.17, 15) is 12.8 Å². The number of aromatic nitrogens is 4. The molecular formula is C27H25FN6O2S. The van der Waals surface area contributed by atoms with E-state index < -0.39 is 15.8 Å². The second kappa shape index (κ2) is 9.22. The average molecular weight is 517 g/mol. The van der Waals surface area contributed by atoms with E-state index in [1.54, 1.807) is 6.07 Å². The Morgan fingerprint density at radius 1 is 1.08 bits per heavy atom. The molecule has 0 saturated carbocycles. The van der Waals surface area contributed by atoms with Crippen molar-refractivity contribution in [1.29, 1.82) is 0 Å². The van der Waals surface area contributed by atoms with Crippen LogP contribution in [0.2, 0.25) is 0 Å². The van der Waals surface area contributed by atoms with E-state index in [4.69, 9.17) is 0 Å². The number of aromatic amines is 2. The second-order valence-electron chi connectivity index (χ2n) is 9.27. The average Bonchev–Trinajstić information content (AvgIpc) is 3.51. The molecule has 5 aromatic rings. The van der Waals surface area contributed by atoms with Crippen LogP contribution in [-0.4, -0.2) is 47.9 Å². The van der Waals surface area contributed by atoms with Crippen molar-refractivity contribution in [2.75, 3.05) is 19.3 Å². The lowest BCUT2D eigenvalue weighted by atomic mass is 9.99. The molecule has 6 rings (SSSR count). The zero-order valence-corrected chi connectivity index (χ0v) is 20.9. The van der Waals surface area contributed by atoms with E-state index in [0.29, 0.717) is 16.8 Å². The monoisotopic (exact) mass is 516 g/mol. The molecule has 0 spiro atoms. The van der Waals surface area contributed by atoms with Crippen molar-refractivity contribution < 1.29 is 12.8 Å². The molecule has 1 aliphatic heterocycles. The maximum Gasteiger partial charge on any atom is 0.209 e. The van der Waals surface area contributed by atoms with Gasteiger partial charge in [0.25, 0.3) is 0 Å². The lowest BCUT2D eigenvalue weighted by Gasteiger charge is -2.13. The molecular weight excluding hydrogens is 491 g/mol. The largest absolute Gasteiger partial charge is 0.353 e. The van der Waals surface area contributed by atoms with Crippen molar-refractivity contribution in [2.45, 2.75) is 13.0 Å². The van der Waals surface area contributed by atoms with Gasteiger partial charge in [0.1, 0.15) is 11.5 Å². The summed E-state index contributed by atoms with van der Waals surface area (Å²) in [5, 5.41) is 12.7. The number of fused-ring (bicyclic) bond motifs is 2. The minimum atomic E-state index is -3.40. The Kier molecular flexibility index (Phi) is 5.86. The van der Waals surface area contributed by atoms with Crippen molar-refractivity contribution in [1.82, 2.24) is 30.2 Å². The predicted octanol–water partition coefficient (Wildman–Crippen LogP) is 4.34. The molecule has 2 aromatic carbocycles. The highest BCUT2D eigenvalue weighted by Crippen LogP contribution is 2.35. The summed E-state index contributed by atoms with van der Waals surface area (Å²) in [5.74, 6) is -0.431.